The molecule has 0 aliphatic rings. The van der Waals surface area contributed by atoms with E-state index < -0.39 is 12.1 Å². The van der Waals surface area contributed by atoms with Crippen molar-refractivity contribution in [2.75, 3.05) is 11.9 Å². The third-order valence-corrected chi connectivity index (χ3v) is 4.69. The van der Waals surface area contributed by atoms with Crippen LogP contribution in [-0.4, -0.2) is 18.7 Å². The number of rotatable bonds is 5. The Hall–Kier alpha value is -3.77. The molecule has 0 aliphatic heterocycles. The van der Waals surface area contributed by atoms with Crippen LogP contribution in [0.3, 0.4) is 0 Å². The number of hydrogen-bond acceptors (Lipinski definition) is 5. The lowest BCUT2D eigenvalue weighted by Crippen LogP contribution is -2.16. The predicted molar refractivity (Wildman–Crippen MR) is 119 cm³/mol. The topological polar surface area (TPSA) is 77.8 Å². The zero-order valence-corrected chi connectivity index (χ0v) is 17.3. The molecule has 0 bridgehead atoms. The molecule has 4 aromatic rings. The van der Waals surface area contributed by atoms with Crippen LogP contribution in [-0.2, 0) is 4.74 Å². The van der Waals surface area contributed by atoms with Gasteiger partial charge < -0.3 is 13.9 Å². The van der Waals surface area contributed by atoms with Gasteiger partial charge in [0, 0.05) is 21.7 Å². The van der Waals surface area contributed by atoms with Crippen molar-refractivity contribution < 1.29 is 23.5 Å². The van der Waals surface area contributed by atoms with E-state index in [9.17, 15) is 9.59 Å². The molecule has 0 spiro atoms. The van der Waals surface area contributed by atoms with Gasteiger partial charge in [-0.05, 0) is 43.3 Å². The number of anilines is 1. The molecule has 0 saturated heterocycles. The summed E-state index contributed by atoms with van der Waals surface area (Å²) in [6.07, 6.45) is -0.689. The van der Waals surface area contributed by atoms with Crippen molar-refractivity contribution in [1.82, 2.24) is 0 Å². The molecule has 1 aromatic heterocycles. The van der Waals surface area contributed by atoms with E-state index >= 15 is 0 Å². The molecule has 31 heavy (non-hydrogen) atoms. The van der Waals surface area contributed by atoms with Crippen molar-refractivity contribution in [2.45, 2.75) is 6.92 Å². The van der Waals surface area contributed by atoms with Gasteiger partial charge in [0.2, 0.25) is 0 Å². The first kappa shape index (κ1) is 20.5. The maximum Gasteiger partial charge on any atom is 0.417 e. The van der Waals surface area contributed by atoms with E-state index in [-0.39, 0.29) is 17.9 Å². The smallest absolute Gasteiger partial charge is 0.417 e. The first-order valence-electron chi connectivity index (χ1n) is 9.58. The Labute approximate surface area is 183 Å². The molecule has 0 radical (unpaired) electrons. The standard InChI is InChI=1S/C24H18ClNO5/c1-2-29-23(27)21-19-14-18(30-24(28)26-17-10-6-9-16(25)13-17)11-12-20(19)31-22(21)15-7-4-3-5-8-15/h3-14H,2H2,1H3,(H,26,28). The van der Waals surface area contributed by atoms with Crippen LogP contribution in [0.25, 0.3) is 22.3 Å². The Morgan fingerprint density at radius 1 is 1.00 bits per heavy atom. The van der Waals surface area contributed by atoms with Gasteiger partial charge in [0.15, 0.2) is 0 Å². The minimum Gasteiger partial charge on any atom is -0.462 e. The molecule has 6 nitrogen and oxygen atoms in total. The van der Waals surface area contributed by atoms with Crippen LogP contribution in [0, 0.1) is 0 Å². The molecule has 0 fully saturated rings. The van der Waals surface area contributed by atoms with E-state index in [1.165, 1.54) is 0 Å². The number of ether oxygens (including phenoxy) is 2. The second-order valence-corrected chi connectivity index (χ2v) is 7.01. The summed E-state index contributed by atoms with van der Waals surface area (Å²) in [6.45, 7) is 1.95. The number of halogens is 1. The summed E-state index contributed by atoms with van der Waals surface area (Å²) in [7, 11) is 0. The molecule has 156 valence electrons. The van der Waals surface area contributed by atoms with Crippen LogP contribution in [0.5, 0.6) is 5.75 Å². The maximum absolute atomic E-state index is 12.7. The number of benzene rings is 3. The van der Waals surface area contributed by atoms with Gasteiger partial charge in [0.05, 0.1) is 6.61 Å². The van der Waals surface area contributed by atoms with Gasteiger partial charge in [0.1, 0.15) is 22.7 Å². The van der Waals surface area contributed by atoms with Crippen LogP contribution in [0.4, 0.5) is 10.5 Å². The summed E-state index contributed by atoms with van der Waals surface area (Å²) in [6, 6.07) is 20.8. The van der Waals surface area contributed by atoms with Crippen LogP contribution in [0.15, 0.2) is 77.2 Å². The number of amides is 1. The SMILES string of the molecule is CCOC(=O)c1c(-c2ccccc2)oc2ccc(OC(=O)Nc3cccc(Cl)c3)cc12. The highest BCUT2D eigenvalue weighted by molar-refractivity contribution is 6.30. The zero-order chi connectivity index (χ0) is 21.8. The molecule has 0 saturated carbocycles. The number of hydrogen-bond donors (Lipinski definition) is 1. The van der Waals surface area contributed by atoms with Gasteiger partial charge in [0.25, 0.3) is 0 Å². The van der Waals surface area contributed by atoms with Gasteiger partial charge in [-0.2, -0.15) is 0 Å². The predicted octanol–water partition coefficient (Wildman–Crippen LogP) is 6.54. The number of esters is 1. The fraction of sp³-hybridized carbons (Fsp3) is 0.0833. The van der Waals surface area contributed by atoms with Gasteiger partial charge >= 0.3 is 12.1 Å². The van der Waals surface area contributed by atoms with E-state index in [0.717, 1.165) is 5.56 Å². The summed E-state index contributed by atoms with van der Waals surface area (Å²) in [4.78, 5) is 25.0. The van der Waals surface area contributed by atoms with Crippen LogP contribution >= 0.6 is 11.6 Å². The second kappa shape index (κ2) is 8.93. The second-order valence-electron chi connectivity index (χ2n) is 6.58. The summed E-state index contributed by atoms with van der Waals surface area (Å²) in [5, 5.41) is 3.59. The van der Waals surface area contributed by atoms with Crippen molar-refractivity contribution in [3.8, 4) is 17.1 Å². The third kappa shape index (κ3) is 4.54. The van der Waals surface area contributed by atoms with E-state index in [1.54, 1.807) is 49.4 Å². The average Bonchev–Trinajstić information content (AvgIpc) is 3.13. The third-order valence-electron chi connectivity index (χ3n) is 4.46. The summed E-state index contributed by atoms with van der Waals surface area (Å²) >= 11 is 5.93. The molecular weight excluding hydrogens is 418 g/mol. The first-order valence-corrected chi connectivity index (χ1v) is 9.96. The quantitative estimate of drug-likeness (QED) is 0.360. The Morgan fingerprint density at radius 3 is 2.55 bits per heavy atom. The summed E-state index contributed by atoms with van der Waals surface area (Å²) < 4.78 is 16.6. The van der Waals surface area contributed by atoms with Crippen molar-refractivity contribution >= 4 is 40.3 Å². The maximum atomic E-state index is 12.7. The van der Waals surface area contributed by atoms with Crippen molar-refractivity contribution in [3.05, 3.63) is 83.4 Å². The largest absolute Gasteiger partial charge is 0.462 e. The summed E-state index contributed by atoms with van der Waals surface area (Å²) in [5.41, 5.74) is 2.00. The van der Waals surface area contributed by atoms with Crippen molar-refractivity contribution in [1.29, 1.82) is 0 Å². The average molecular weight is 436 g/mol. The Morgan fingerprint density at radius 2 is 1.81 bits per heavy atom. The highest BCUT2D eigenvalue weighted by atomic mass is 35.5. The Balaban J connectivity index is 1.68. The zero-order valence-electron chi connectivity index (χ0n) is 16.6. The fourth-order valence-corrected chi connectivity index (χ4v) is 3.35. The van der Waals surface area contributed by atoms with Gasteiger partial charge in [-0.25, -0.2) is 9.59 Å². The van der Waals surface area contributed by atoms with Crippen LogP contribution < -0.4 is 10.1 Å². The van der Waals surface area contributed by atoms with Gasteiger partial charge in [-0.3, -0.25) is 5.32 Å². The van der Waals surface area contributed by atoms with Crippen LogP contribution in [0.2, 0.25) is 5.02 Å². The first-order chi connectivity index (χ1) is 15.0. The van der Waals surface area contributed by atoms with Gasteiger partial charge in [-0.1, -0.05) is 48.0 Å². The lowest BCUT2D eigenvalue weighted by Gasteiger charge is -2.07. The molecular formula is C24H18ClNO5. The Bertz CT molecular complexity index is 1250. The normalized spacial score (nSPS) is 10.6. The van der Waals surface area contributed by atoms with E-state index in [0.29, 0.717) is 27.4 Å². The number of carbonyl (C=O) groups excluding carboxylic acids is 2. The molecule has 1 amide bonds. The number of nitrogens with one attached hydrogen (secondary N) is 1. The molecule has 0 aliphatic carbocycles. The molecule has 3 aromatic carbocycles. The highest BCUT2D eigenvalue weighted by Gasteiger charge is 2.24. The molecule has 7 heteroatoms. The number of fused-ring (bicyclic) bond motifs is 1. The van der Waals surface area contributed by atoms with E-state index in [2.05, 4.69) is 5.32 Å². The van der Waals surface area contributed by atoms with Gasteiger partial charge in [-0.15, -0.1) is 0 Å². The monoisotopic (exact) mass is 435 g/mol. The molecule has 0 atom stereocenters. The molecule has 4 rings (SSSR count). The lowest BCUT2D eigenvalue weighted by molar-refractivity contribution is 0.0528. The minimum atomic E-state index is -0.689. The molecule has 0 unspecified atom stereocenters. The van der Waals surface area contributed by atoms with Crippen molar-refractivity contribution in [3.63, 3.8) is 0 Å². The van der Waals surface area contributed by atoms with E-state index in [1.807, 2.05) is 30.3 Å². The highest BCUT2D eigenvalue weighted by Crippen LogP contribution is 2.36. The fourth-order valence-electron chi connectivity index (χ4n) is 3.16. The lowest BCUT2D eigenvalue weighted by atomic mass is 10.1. The molecule has 1 heterocycles. The minimum absolute atomic E-state index is 0.220. The van der Waals surface area contributed by atoms with E-state index in [4.69, 9.17) is 25.5 Å². The molecule has 1 N–H and O–H groups in total. The number of furan rings is 1. The van der Waals surface area contributed by atoms with Crippen LogP contribution in [0.1, 0.15) is 17.3 Å². The summed E-state index contributed by atoms with van der Waals surface area (Å²) in [5.74, 6) is 0.133. The number of carbonyl (C=O) groups is 2. The Kier molecular flexibility index (Phi) is 5.91. The van der Waals surface area contributed by atoms with Crippen molar-refractivity contribution in [2.24, 2.45) is 0 Å².